The van der Waals surface area contributed by atoms with Crippen molar-refractivity contribution >= 4 is 23.4 Å². The van der Waals surface area contributed by atoms with E-state index in [4.69, 9.17) is 11.6 Å². The van der Waals surface area contributed by atoms with Crippen molar-refractivity contribution in [2.75, 3.05) is 0 Å². The van der Waals surface area contributed by atoms with E-state index in [1.54, 1.807) is 24.5 Å². The summed E-state index contributed by atoms with van der Waals surface area (Å²) in [6, 6.07) is 3.53. The minimum Gasteiger partial charge on any atom is -0.231 e. The van der Waals surface area contributed by atoms with Gasteiger partial charge in [0.05, 0.1) is 0 Å². The first-order valence-electron chi connectivity index (χ1n) is 5.30. The van der Waals surface area contributed by atoms with Gasteiger partial charge in [0, 0.05) is 24.4 Å². The van der Waals surface area contributed by atoms with Gasteiger partial charge in [-0.1, -0.05) is 11.6 Å². The molecule has 2 heterocycles. The fourth-order valence-corrected chi connectivity index (χ4v) is 2.40. The highest BCUT2D eigenvalue weighted by atomic mass is 35.5. The van der Waals surface area contributed by atoms with Crippen LogP contribution in [0.1, 0.15) is 24.6 Å². The van der Waals surface area contributed by atoms with Crippen LogP contribution in [-0.4, -0.2) is 19.9 Å². The number of halogens is 1. The standard InChI is InChI=1S/C11H9ClN4S/c12-8-6-9(16-10(15-8)7-2-3-7)17-11-13-4-1-5-14-11/h1,4-7H,2-3H2. The number of rotatable bonds is 3. The number of hydrogen-bond donors (Lipinski definition) is 0. The maximum absolute atomic E-state index is 5.98. The van der Waals surface area contributed by atoms with Crippen molar-refractivity contribution in [1.82, 2.24) is 19.9 Å². The first-order valence-corrected chi connectivity index (χ1v) is 6.50. The van der Waals surface area contributed by atoms with Crippen LogP contribution in [0.15, 0.2) is 34.7 Å². The minimum absolute atomic E-state index is 0.486. The highest BCUT2D eigenvalue weighted by Crippen LogP contribution is 2.39. The predicted octanol–water partition coefficient (Wildman–Crippen LogP) is 2.95. The van der Waals surface area contributed by atoms with Crippen LogP contribution in [-0.2, 0) is 0 Å². The first-order chi connectivity index (χ1) is 8.31. The molecule has 0 atom stereocenters. The monoisotopic (exact) mass is 264 g/mol. The second-order valence-corrected chi connectivity index (χ2v) is 5.17. The van der Waals surface area contributed by atoms with Crippen LogP contribution in [0, 0.1) is 0 Å². The van der Waals surface area contributed by atoms with Crippen LogP contribution in [0.2, 0.25) is 5.15 Å². The van der Waals surface area contributed by atoms with Crippen molar-refractivity contribution in [3.8, 4) is 0 Å². The van der Waals surface area contributed by atoms with E-state index >= 15 is 0 Å². The lowest BCUT2D eigenvalue weighted by molar-refractivity contribution is 0.873. The maximum atomic E-state index is 5.98. The van der Waals surface area contributed by atoms with Crippen LogP contribution in [0.4, 0.5) is 0 Å². The summed E-state index contributed by atoms with van der Waals surface area (Å²) in [6.07, 6.45) is 5.73. The molecule has 3 rings (SSSR count). The van der Waals surface area contributed by atoms with E-state index in [-0.39, 0.29) is 0 Å². The Morgan fingerprint density at radius 1 is 1.18 bits per heavy atom. The largest absolute Gasteiger partial charge is 0.231 e. The van der Waals surface area contributed by atoms with Crippen LogP contribution in [0.3, 0.4) is 0 Å². The molecule has 1 aliphatic carbocycles. The third kappa shape index (κ3) is 2.73. The van der Waals surface area contributed by atoms with Crippen LogP contribution in [0.25, 0.3) is 0 Å². The molecule has 0 aromatic carbocycles. The Hall–Kier alpha value is -1.20. The number of hydrogen-bond acceptors (Lipinski definition) is 5. The summed E-state index contributed by atoms with van der Waals surface area (Å²) < 4.78 is 0. The fourth-order valence-electron chi connectivity index (χ4n) is 1.42. The molecule has 86 valence electrons. The zero-order chi connectivity index (χ0) is 11.7. The van der Waals surface area contributed by atoms with Gasteiger partial charge in [-0.2, -0.15) is 0 Å². The smallest absolute Gasteiger partial charge is 0.193 e. The quantitative estimate of drug-likeness (QED) is 0.630. The molecule has 0 bridgehead atoms. The summed E-state index contributed by atoms with van der Waals surface area (Å²) in [4.78, 5) is 17.0. The third-order valence-electron chi connectivity index (χ3n) is 2.37. The van der Waals surface area contributed by atoms with Gasteiger partial charge in [0.1, 0.15) is 16.0 Å². The van der Waals surface area contributed by atoms with Gasteiger partial charge in [0.2, 0.25) is 0 Å². The van der Waals surface area contributed by atoms with Gasteiger partial charge in [-0.25, -0.2) is 19.9 Å². The van der Waals surface area contributed by atoms with Gasteiger partial charge in [0.15, 0.2) is 5.16 Å². The van der Waals surface area contributed by atoms with E-state index in [1.807, 2.05) is 0 Å². The summed E-state index contributed by atoms with van der Waals surface area (Å²) in [7, 11) is 0. The summed E-state index contributed by atoms with van der Waals surface area (Å²) in [5.74, 6) is 1.33. The molecule has 0 amide bonds. The summed E-state index contributed by atoms with van der Waals surface area (Å²) in [6.45, 7) is 0. The molecule has 0 saturated heterocycles. The second-order valence-electron chi connectivity index (χ2n) is 3.79. The molecule has 1 aliphatic rings. The van der Waals surface area contributed by atoms with Gasteiger partial charge in [-0.15, -0.1) is 0 Å². The van der Waals surface area contributed by atoms with Gasteiger partial charge in [-0.05, 0) is 30.7 Å². The van der Waals surface area contributed by atoms with Crippen molar-refractivity contribution in [3.05, 3.63) is 35.5 Å². The summed E-state index contributed by atoms with van der Waals surface area (Å²) in [5, 5.41) is 1.96. The highest BCUT2D eigenvalue weighted by Gasteiger charge is 2.27. The van der Waals surface area contributed by atoms with Crippen LogP contribution >= 0.6 is 23.4 Å². The predicted molar refractivity (Wildman–Crippen MR) is 65.2 cm³/mol. The summed E-state index contributed by atoms with van der Waals surface area (Å²) in [5.41, 5.74) is 0. The van der Waals surface area contributed by atoms with Gasteiger partial charge in [0.25, 0.3) is 0 Å². The Morgan fingerprint density at radius 2 is 1.94 bits per heavy atom. The lowest BCUT2D eigenvalue weighted by Gasteiger charge is -2.02. The molecule has 2 aromatic heterocycles. The molecule has 0 radical (unpaired) electrons. The number of nitrogens with zero attached hydrogens (tertiary/aromatic N) is 4. The lowest BCUT2D eigenvalue weighted by Crippen LogP contribution is -1.95. The molecular formula is C11H9ClN4S. The Morgan fingerprint density at radius 3 is 2.65 bits per heavy atom. The van der Waals surface area contributed by atoms with Crippen molar-refractivity contribution in [1.29, 1.82) is 0 Å². The Bertz CT molecular complexity index is 530. The molecule has 1 fully saturated rings. The van der Waals surface area contributed by atoms with Crippen molar-refractivity contribution in [2.24, 2.45) is 0 Å². The second kappa shape index (κ2) is 4.58. The molecule has 6 heteroatoms. The molecule has 4 nitrogen and oxygen atoms in total. The average molecular weight is 265 g/mol. The third-order valence-corrected chi connectivity index (χ3v) is 3.37. The van der Waals surface area contributed by atoms with Crippen molar-refractivity contribution in [3.63, 3.8) is 0 Å². The number of aromatic nitrogens is 4. The molecule has 0 spiro atoms. The van der Waals surface area contributed by atoms with E-state index in [0.717, 1.165) is 23.7 Å². The van der Waals surface area contributed by atoms with Crippen LogP contribution in [0.5, 0.6) is 0 Å². The molecular weight excluding hydrogens is 256 g/mol. The minimum atomic E-state index is 0.486. The Kier molecular flexibility index (Phi) is 2.94. The molecule has 2 aromatic rings. The average Bonchev–Trinajstić information content (AvgIpc) is 3.13. The Labute approximate surface area is 108 Å². The van der Waals surface area contributed by atoms with Gasteiger partial charge < -0.3 is 0 Å². The normalized spacial score (nSPS) is 14.9. The van der Waals surface area contributed by atoms with E-state index in [0.29, 0.717) is 16.2 Å². The molecule has 0 aliphatic heterocycles. The molecule has 17 heavy (non-hydrogen) atoms. The van der Waals surface area contributed by atoms with E-state index in [1.165, 1.54) is 11.8 Å². The van der Waals surface area contributed by atoms with E-state index < -0.39 is 0 Å². The molecule has 1 saturated carbocycles. The highest BCUT2D eigenvalue weighted by molar-refractivity contribution is 7.99. The van der Waals surface area contributed by atoms with Gasteiger partial charge >= 0.3 is 0 Å². The molecule has 0 N–H and O–H groups in total. The molecule has 0 unspecified atom stereocenters. The van der Waals surface area contributed by atoms with Crippen LogP contribution < -0.4 is 0 Å². The lowest BCUT2D eigenvalue weighted by atomic mass is 10.4. The Balaban J connectivity index is 1.87. The zero-order valence-corrected chi connectivity index (χ0v) is 10.4. The van der Waals surface area contributed by atoms with E-state index in [9.17, 15) is 0 Å². The van der Waals surface area contributed by atoms with Crippen molar-refractivity contribution in [2.45, 2.75) is 28.9 Å². The van der Waals surface area contributed by atoms with Crippen molar-refractivity contribution < 1.29 is 0 Å². The van der Waals surface area contributed by atoms with E-state index in [2.05, 4.69) is 19.9 Å². The SMILES string of the molecule is Clc1cc(Sc2ncccn2)nc(C2CC2)n1. The summed E-state index contributed by atoms with van der Waals surface area (Å²) >= 11 is 7.39. The maximum Gasteiger partial charge on any atom is 0.193 e. The zero-order valence-electron chi connectivity index (χ0n) is 8.88. The fraction of sp³-hybridized carbons (Fsp3) is 0.273. The first kappa shape index (κ1) is 10.9. The topological polar surface area (TPSA) is 51.6 Å². The van der Waals surface area contributed by atoms with Gasteiger partial charge in [-0.3, -0.25) is 0 Å².